The predicted molar refractivity (Wildman–Crippen MR) is 125 cm³/mol. The van der Waals surface area contributed by atoms with Gasteiger partial charge in [0.25, 0.3) is 11.7 Å². The van der Waals surface area contributed by atoms with Crippen molar-refractivity contribution in [3.8, 4) is 11.5 Å². The van der Waals surface area contributed by atoms with Crippen molar-refractivity contribution < 1.29 is 28.9 Å². The minimum atomic E-state index is -0.674. The molecule has 33 heavy (non-hydrogen) atoms. The lowest BCUT2D eigenvalue weighted by Gasteiger charge is -2.28. The molecule has 1 aromatic carbocycles. The Morgan fingerprint density at radius 3 is 2.55 bits per heavy atom. The Labute approximate surface area is 197 Å². The van der Waals surface area contributed by atoms with Gasteiger partial charge in [-0.05, 0) is 36.1 Å². The molecular formula is C24H28N2O6S. The molecule has 9 heteroatoms. The first-order chi connectivity index (χ1) is 16.0. The summed E-state index contributed by atoms with van der Waals surface area (Å²) in [6.07, 6.45) is 0.727. The Morgan fingerprint density at radius 1 is 1.12 bits per heavy atom. The van der Waals surface area contributed by atoms with Gasteiger partial charge in [0.2, 0.25) is 0 Å². The molecule has 2 aliphatic heterocycles. The molecule has 0 unspecified atom stereocenters. The number of Topliss-reactive ketones (excluding diaryl/α,β-unsaturated/α-hetero) is 1. The fourth-order valence-electron chi connectivity index (χ4n) is 4.28. The smallest absolute Gasteiger partial charge is 0.295 e. The van der Waals surface area contributed by atoms with Gasteiger partial charge in [-0.25, -0.2) is 0 Å². The van der Waals surface area contributed by atoms with Crippen molar-refractivity contribution in [1.29, 1.82) is 0 Å². The molecule has 1 aromatic heterocycles. The van der Waals surface area contributed by atoms with E-state index in [9.17, 15) is 14.7 Å². The number of rotatable bonds is 8. The molecule has 4 rings (SSSR count). The average Bonchev–Trinajstić information content (AvgIpc) is 3.46. The first kappa shape index (κ1) is 23.3. The summed E-state index contributed by atoms with van der Waals surface area (Å²) in [5.41, 5.74) is 0.488. The quantitative estimate of drug-likeness (QED) is 0.359. The molecule has 0 bridgehead atoms. The first-order valence-electron chi connectivity index (χ1n) is 10.9. The maximum absolute atomic E-state index is 13.1. The van der Waals surface area contributed by atoms with Crippen LogP contribution in [0, 0.1) is 0 Å². The number of thiophene rings is 1. The van der Waals surface area contributed by atoms with E-state index in [0.29, 0.717) is 36.8 Å². The number of nitrogens with zero attached hydrogens (tertiary/aromatic N) is 2. The lowest BCUT2D eigenvalue weighted by atomic mass is 9.99. The van der Waals surface area contributed by atoms with Crippen LogP contribution in [0.15, 0.2) is 41.3 Å². The van der Waals surface area contributed by atoms with Gasteiger partial charge in [0.05, 0.1) is 39.0 Å². The number of morpholine rings is 1. The molecule has 2 saturated heterocycles. The topological polar surface area (TPSA) is 88.5 Å². The number of methoxy groups -OCH3 is 2. The number of ketones is 1. The van der Waals surface area contributed by atoms with E-state index in [4.69, 9.17) is 14.2 Å². The summed E-state index contributed by atoms with van der Waals surface area (Å²) in [4.78, 5) is 30.8. The van der Waals surface area contributed by atoms with Crippen LogP contribution in [0.4, 0.5) is 0 Å². The number of carbonyl (C=O) groups excluding carboxylic acids is 2. The van der Waals surface area contributed by atoms with E-state index in [2.05, 4.69) is 4.90 Å². The van der Waals surface area contributed by atoms with Crippen molar-refractivity contribution in [2.75, 3.05) is 53.6 Å². The SMILES string of the molecule is COc1ccc(C(O)=C2C(=O)C(=O)N(CCCN3CCOCC3)[C@@H]2c2cccs2)cc1OC. The van der Waals surface area contributed by atoms with Crippen molar-refractivity contribution in [2.24, 2.45) is 0 Å². The highest BCUT2D eigenvalue weighted by atomic mass is 32.1. The van der Waals surface area contributed by atoms with Gasteiger partial charge >= 0.3 is 0 Å². The van der Waals surface area contributed by atoms with E-state index in [1.807, 2.05) is 17.5 Å². The lowest BCUT2D eigenvalue weighted by Crippen LogP contribution is -2.38. The van der Waals surface area contributed by atoms with Crippen LogP contribution in [0.2, 0.25) is 0 Å². The summed E-state index contributed by atoms with van der Waals surface area (Å²) >= 11 is 1.46. The number of aliphatic hydroxyl groups excluding tert-OH is 1. The maximum atomic E-state index is 13.1. The van der Waals surface area contributed by atoms with E-state index in [1.165, 1.54) is 25.6 Å². The Bertz CT molecular complexity index is 1030. The Morgan fingerprint density at radius 2 is 1.88 bits per heavy atom. The second-order valence-electron chi connectivity index (χ2n) is 7.89. The highest BCUT2D eigenvalue weighted by Crippen LogP contribution is 2.42. The highest BCUT2D eigenvalue weighted by molar-refractivity contribution is 7.10. The Hall–Kier alpha value is -2.88. The van der Waals surface area contributed by atoms with Crippen LogP contribution in [-0.2, 0) is 14.3 Å². The monoisotopic (exact) mass is 472 g/mol. The van der Waals surface area contributed by atoms with Crippen molar-refractivity contribution in [1.82, 2.24) is 9.80 Å². The number of benzene rings is 1. The molecule has 0 spiro atoms. The second-order valence-corrected chi connectivity index (χ2v) is 8.86. The Kier molecular flexibility index (Phi) is 7.32. The molecular weight excluding hydrogens is 444 g/mol. The molecule has 1 N–H and O–H groups in total. The summed E-state index contributed by atoms with van der Waals surface area (Å²) in [5, 5.41) is 13.1. The summed E-state index contributed by atoms with van der Waals surface area (Å²) in [7, 11) is 3.03. The van der Waals surface area contributed by atoms with Crippen LogP contribution in [0.5, 0.6) is 11.5 Å². The molecule has 0 saturated carbocycles. The van der Waals surface area contributed by atoms with E-state index in [1.54, 1.807) is 23.1 Å². The zero-order valence-electron chi connectivity index (χ0n) is 18.8. The summed E-state index contributed by atoms with van der Waals surface area (Å²) < 4.78 is 16.0. The van der Waals surface area contributed by atoms with Crippen molar-refractivity contribution in [3.05, 3.63) is 51.7 Å². The number of carbonyl (C=O) groups is 2. The van der Waals surface area contributed by atoms with Gasteiger partial charge in [0.1, 0.15) is 5.76 Å². The number of ether oxygens (including phenoxy) is 3. The molecule has 2 fully saturated rings. The molecule has 1 amide bonds. The van der Waals surface area contributed by atoms with Crippen LogP contribution in [0.25, 0.3) is 5.76 Å². The Balaban J connectivity index is 1.65. The minimum Gasteiger partial charge on any atom is -0.507 e. The molecule has 1 atom stereocenters. The van der Waals surface area contributed by atoms with Crippen LogP contribution in [0.3, 0.4) is 0 Å². The third-order valence-electron chi connectivity index (χ3n) is 5.99. The van der Waals surface area contributed by atoms with Gasteiger partial charge in [-0.3, -0.25) is 14.5 Å². The zero-order chi connectivity index (χ0) is 23.4. The van der Waals surface area contributed by atoms with Gasteiger partial charge in [-0.15, -0.1) is 11.3 Å². The van der Waals surface area contributed by atoms with Gasteiger partial charge < -0.3 is 24.2 Å². The third kappa shape index (κ3) is 4.75. The van der Waals surface area contributed by atoms with Crippen LogP contribution < -0.4 is 9.47 Å². The number of hydrogen-bond donors (Lipinski definition) is 1. The standard InChI is InChI=1S/C24H28N2O6S/c1-30-17-7-6-16(15-18(17)31-2)22(27)20-21(19-5-3-14-33-19)26(24(29)23(20)28)9-4-8-25-10-12-32-13-11-25/h3,5-7,14-15,21,27H,4,8-13H2,1-2H3/t21-/m1/s1. The second kappa shape index (κ2) is 10.4. The third-order valence-corrected chi connectivity index (χ3v) is 6.91. The maximum Gasteiger partial charge on any atom is 0.295 e. The minimum absolute atomic E-state index is 0.0982. The lowest BCUT2D eigenvalue weighted by molar-refractivity contribution is -0.140. The fourth-order valence-corrected chi connectivity index (χ4v) is 5.13. The fraction of sp³-hybridized carbons (Fsp3) is 0.417. The predicted octanol–water partition coefficient (Wildman–Crippen LogP) is 2.91. The zero-order valence-corrected chi connectivity index (χ0v) is 19.6. The summed E-state index contributed by atoms with van der Waals surface area (Å²) in [6, 6.07) is 8.05. The normalized spacial score (nSPS) is 20.9. The van der Waals surface area contributed by atoms with Gasteiger partial charge in [-0.1, -0.05) is 6.07 Å². The average molecular weight is 473 g/mol. The molecule has 2 aliphatic rings. The number of amides is 1. The van der Waals surface area contributed by atoms with E-state index in [0.717, 1.165) is 30.9 Å². The van der Waals surface area contributed by atoms with E-state index in [-0.39, 0.29) is 11.3 Å². The first-order valence-corrected chi connectivity index (χ1v) is 11.8. The molecule has 0 radical (unpaired) electrons. The van der Waals surface area contributed by atoms with Crippen LogP contribution in [0.1, 0.15) is 22.9 Å². The van der Waals surface area contributed by atoms with E-state index >= 15 is 0 Å². The number of aliphatic hydroxyl groups is 1. The molecule has 2 aromatic rings. The highest BCUT2D eigenvalue weighted by Gasteiger charge is 2.46. The molecule has 8 nitrogen and oxygen atoms in total. The largest absolute Gasteiger partial charge is 0.507 e. The summed E-state index contributed by atoms with van der Waals surface area (Å²) in [5.74, 6) is -0.547. The van der Waals surface area contributed by atoms with Crippen molar-refractivity contribution >= 4 is 28.8 Å². The van der Waals surface area contributed by atoms with Crippen LogP contribution >= 0.6 is 11.3 Å². The van der Waals surface area contributed by atoms with E-state index < -0.39 is 17.7 Å². The molecule has 176 valence electrons. The van der Waals surface area contributed by atoms with Crippen molar-refractivity contribution in [2.45, 2.75) is 12.5 Å². The summed E-state index contributed by atoms with van der Waals surface area (Å²) in [6.45, 7) is 4.40. The van der Waals surface area contributed by atoms with Gasteiger partial charge in [-0.2, -0.15) is 0 Å². The molecule has 0 aliphatic carbocycles. The van der Waals surface area contributed by atoms with Gasteiger partial charge in [0, 0.05) is 36.6 Å². The molecule has 3 heterocycles. The number of hydrogen-bond acceptors (Lipinski definition) is 8. The van der Waals surface area contributed by atoms with Crippen molar-refractivity contribution in [3.63, 3.8) is 0 Å². The number of likely N-dealkylation sites (tertiary alicyclic amines) is 1. The van der Waals surface area contributed by atoms with Crippen LogP contribution in [-0.4, -0.2) is 80.2 Å². The van der Waals surface area contributed by atoms with Gasteiger partial charge in [0.15, 0.2) is 11.5 Å².